The van der Waals surface area contributed by atoms with Crippen molar-refractivity contribution in [3.63, 3.8) is 0 Å². The van der Waals surface area contributed by atoms with Crippen molar-refractivity contribution >= 4 is 57.9 Å². The van der Waals surface area contributed by atoms with Gasteiger partial charge in [0.15, 0.2) is 0 Å². The highest BCUT2D eigenvalue weighted by atomic mass is 35.5. The van der Waals surface area contributed by atoms with Gasteiger partial charge in [0, 0.05) is 10.6 Å². The van der Waals surface area contributed by atoms with E-state index in [2.05, 4.69) is 6.07 Å². The molecule has 0 N–H and O–H groups in total. The topological polar surface area (TPSA) is 70.4 Å². The van der Waals surface area contributed by atoms with Crippen molar-refractivity contribution in [3.05, 3.63) is 98.4 Å². The van der Waals surface area contributed by atoms with Gasteiger partial charge in [-0.05, 0) is 59.8 Å². The maximum Gasteiger partial charge on any atom is 0.298 e. The molecule has 1 aliphatic heterocycles. The number of amides is 2. The summed E-state index contributed by atoms with van der Waals surface area (Å²) in [6, 6.07) is 20.9. The lowest BCUT2D eigenvalue weighted by atomic mass is 10.1. The Morgan fingerprint density at radius 1 is 1.03 bits per heavy atom. The predicted octanol–water partition coefficient (Wildman–Crippen LogP) is 6.68. The van der Waals surface area contributed by atoms with Crippen LogP contribution in [-0.2, 0) is 11.4 Å². The molecule has 8 heteroatoms. The van der Waals surface area contributed by atoms with Gasteiger partial charge in [0.1, 0.15) is 12.4 Å². The first-order valence-electron chi connectivity index (χ1n) is 9.40. The zero-order valence-corrected chi connectivity index (χ0v) is 18.7. The molecule has 0 unspecified atom stereocenters. The van der Waals surface area contributed by atoms with E-state index in [9.17, 15) is 14.9 Å². The molecular weight excluding hydrogens is 467 g/mol. The first kappa shape index (κ1) is 22.0. The van der Waals surface area contributed by atoms with Gasteiger partial charge in [-0.25, -0.2) is 4.90 Å². The van der Waals surface area contributed by atoms with Crippen molar-refractivity contribution in [1.29, 1.82) is 5.26 Å². The number of hydrogen-bond acceptors (Lipinski definition) is 5. The molecule has 0 radical (unpaired) electrons. The third kappa shape index (κ3) is 4.66. The van der Waals surface area contributed by atoms with Crippen molar-refractivity contribution in [1.82, 2.24) is 0 Å². The number of halogens is 2. The van der Waals surface area contributed by atoms with Gasteiger partial charge in [0.2, 0.25) is 0 Å². The lowest BCUT2D eigenvalue weighted by Gasteiger charge is -2.12. The van der Waals surface area contributed by atoms with E-state index in [-0.39, 0.29) is 11.5 Å². The quantitative estimate of drug-likeness (QED) is 0.380. The van der Waals surface area contributed by atoms with Crippen LogP contribution in [-0.4, -0.2) is 11.1 Å². The van der Waals surface area contributed by atoms with Crippen LogP contribution in [0.1, 0.15) is 16.7 Å². The van der Waals surface area contributed by atoms with Crippen LogP contribution in [0.25, 0.3) is 6.08 Å². The second-order valence-corrected chi connectivity index (χ2v) is 8.58. The van der Waals surface area contributed by atoms with Gasteiger partial charge in [-0.3, -0.25) is 9.59 Å². The summed E-state index contributed by atoms with van der Waals surface area (Å²) in [5.41, 5.74) is 2.36. The number of anilines is 1. The normalized spacial score (nSPS) is 14.7. The summed E-state index contributed by atoms with van der Waals surface area (Å²) in [5.74, 6) is 0.0235. The number of nitrogens with zero attached hydrogens (tertiary/aromatic N) is 2. The Morgan fingerprint density at radius 2 is 1.84 bits per heavy atom. The minimum Gasteiger partial charge on any atom is -0.487 e. The van der Waals surface area contributed by atoms with E-state index in [0.29, 0.717) is 32.6 Å². The molecule has 4 rings (SSSR count). The summed E-state index contributed by atoms with van der Waals surface area (Å²) < 4.78 is 5.76. The van der Waals surface area contributed by atoms with Crippen LogP contribution < -0.4 is 9.64 Å². The molecule has 0 atom stereocenters. The van der Waals surface area contributed by atoms with Crippen LogP contribution >= 0.6 is 35.0 Å². The zero-order chi connectivity index (χ0) is 22.7. The van der Waals surface area contributed by atoms with E-state index < -0.39 is 11.1 Å². The van der Waals surface area contributed by atoms with Crippen LogP contribution in [0.5, 0.6) is 5.75 Å². The summed E-state index contributed by atoms with van der Waals surface area (Å²) in [4.78, 5) is 26.6. The van der Waals surface area contributed by atoms with E-state index in [1.807, 2.05) is 12.1 Å². The molecule has 1 aliphatic rings. The second kappa shape index (κ2) is 9.49. The molecule has 1 heterocycles. The Hall–Kier alpha value is -3.24. The van der Waals surface area contributed by atoms with Gasteiger partial charge in [-0.2, -0.15) is 5.26 Å². The Kier molecular flexibility index (Phi) is 6.52. The van der Waals surface area contributed by atoms with E-state index in [1.165, 1.54) is 0 Å². The molecule has 1 fully saturated rings. The van der Waals surface area contributed by atoms with Crippen molar-refractivity contribution in [2.45, 2.75) is 6.61 Å². The highest BCUT2D eigenvalue weighted by Crippen LogP contribution is 2.37. The molecule has 0 bridgehead atoms. The Labute approximate surface area is 198 Å². The molecule has 32 heavy (non-hydrogen) atoms. The molecule has 1 saturated heterocycles. The van der Waals surface area contributed by atoms with Gasteiger partial charge in [-0.15, -0.1) is 0 Å². The SMILES string of the molecule is N#Cc1ccccc1COc1ccc(/C=C2/SC(=O)N(c3cccc(Cl)c3)C2=O)cc1Cl. The first-order chi connectivity index (χ1) is 15.5. The van der Waals surface area contributed by atoms with Gasteiger partial charge in [0.25, 0.3) is 11.1 Å². The summed E-state index contributed by atoms with van der Waals surface area (Å²) in [6.45, 7) is 0.196. The number of nitriles is 1. The van der Waals surface area contributed by atoms with Crippen LogP contribution in [0, 0.1) is 11.3 Å². The Morgan fingerprint density at radius 3 is 2.59 bits per heavy atom. The number of rotatable bonds is 5. The van der Waals surface area contributed by atoms with Crippen LogP contribution in [0.4, 0.5) is 10.5 Å². The van der Waals surface area contributed by atoms with Gasteiger partial charge in [-0.1, -0.05) is 53.5 Å². The van der Waals surface area contributed by atoms with E-state index >= 15 is 0 Å². The third-order valence-electron chi connectivity index (χ3n) is 4.63. The minimum atomic E-state index is -0.424. The van der Waals surface area contributed by atoms with Crippen molar-refractivity contribution in [3.8, 4) is 11.8 Å². The molecule has 0 spiro atoms. The number of thioether (sulfide) groups is 1. The maximum absolute atomic E-state index is 12.8. The summed E-state index contributed by atoms with van der Waals surface area (Å²) in [7, 11) is 0. The van der Waals surface area contributed by atoms with E-state index in [4.69, 9.17) is 27.9 Å². The van der Waals surface area contributed by atoms with Crippen LogP contribution in [0.15, 0.2) is 71.6 Å². The minimum absolute atomic E-state index is 0.196. The number of carbonyl (C=O) groups excluding carboxylic acids is 2. The molecule has 0 saturated carbocycles. The smallest absolute Gasteiger partial charge is 0.298 e. The molecular formula is C24H14Cl2N2O3S. The van der Waals surface area contributed by atoms with Crippen LogP contribution in [0.2, 0.25) is 10.0 Å². The number of hydrogen-bond donors (Lipinski definition) is 0. The van der Waals surface area contributed by atoms with E-state index in [0.717, 1.165) is 22.2 Å². The second-order valence-electron chi connectivity index (χ2n) is 6.74. The van der Waals surface area contributed by atoms with Crippen molar-refractivity contribution < 1.29 is 14.3 Å². The first-order valence-corrected chi connectivity index (χ1v) is 11.0. The van der Waals surface area contributed by atoms with Gasteiger partial charge < -0.3 is 4.74 Å². The fraction of sp³-hybridized carbons (Fsp3) is 0.0417. The number of carbonyl (C=O) groups is 2. The van der Waals surface area contributed by atoms with Crippen molar-refractivity contribution in [2.24, 2.45) is 0 Å². The van der Waals surface area contributed by atoms with Crippen LogP contribution in [0.3, 0.4) is 0 Å². The third-order valence-corrected chi connectivity index (χ3v) is 6.03. The zero-order valence-electron chi connectivity index (χ0n) is 16.4. The lowest BCUT2D eigenvalue weighted by molar-refractivity contribution is -0.113. The number of imide groups is 1. The molecule has 158 valence electrons. The summed E-state index contributed by atoms with van der Waals surface area (Å²) in [5, 5.41) is 9.57. The lowest BCUT2D eigenvalue weighted by Crippen LogP contribution is -2.27. The fourth-order valence-corrected chi connectivity index (χ4v) is 4.36. The molecule has 3 aromatic rings. The summed E-state index contributed by atoms with van der Waals surface area (Å²) in [6.07, 6.45) is 1.61. The Bertz CT molecular complexity index is 1300. The standard InChI is InChI=1S/C24H14Cl2N2O3S/c25-18-6-3-7-19(12-18)28-23(29)22(32-24(28)30)11-15-8-9-21(20(26)10-15)31-14-17-5-2-1-4-16(17)13-27/h1-12H,14H2/b22-11+. The molecule has 0 aromatic heterocycles. The maximum atomic E-state index is 12.8. The fourth-order valence-electron chi connectivity index (χ4n) is 3.09. The van der Waals surface area contributed by atoms with Gasteiger partial charge >= 0.3 is 0 Å². The monoisotopic (exact) mass is 480 g/mol. The van der Waals surface area contributed by atoms with Gasteiger partial charge in [0.05, 0.1) is 27.2 Å². The largest absolute Gasteiger partial charge is 0.487 e. The molecule has 2 amide bonds. The van der Waals surface area contributed by atoms with Crippen molar-refractivity contribution in [2.75, 3.05) is 4.90 Å². The Balaban J connectivity index is 1.51. The molecule has 5 nitrogen and oxygen atoms in total. The number of benzene rings is 3. The molecule has 3 aromatic carbocycles. The highest BCUT2D eigenvalue weighted by Gasteiger charge is 2.36. The predicted molar refractivity (Wildman–Crippen MR) is 127 cm³/mol. The average Bonchev–Trinajstić information content (AvgIpc) is 3.06. The number of ether oxygens (including phenoxy) is 1. The summed E-state index contributed by atoms with van der Waals surface area (Å²) >= 11 is 13.2. The molecule has 0 aliphatic carbocycles. The van der Waals surface area contributed by atoms with E-state index in [1.54, 1.807) is 60.7 Å². The highest BCUT2D eigenvalue weighted by molar-refractivity contribution is 8.19. The average molecular weight is 481 g/mol.